The predicted molar refractivity (Wildman–Crippen MR) is 102 cm³/mol. The van der Waals surface area contributed by atoms with Gasteiger partial charge in [-0.3, -0.25) is 4.99 Å². The second kappa shape index (κ2) is 6.43. The lowest BCUT2D eigenvalue weighted by Crippen LogP contribution is -2.43. The van der Waals surface area contributed by atoms with Gasteiger partial charge in [-0.2, -0.15) is 0 Å². The first-order chi connectivity index (χ1) is 11.8. The van der Waals surface area contributed by atoms with E-state index in [2.05, 4.69) is 60.8 Å². The van der Waals surface area contributed by atoms with Crippen LogP contribution in [0.4, 0.5) is 5.69 Å². The van der Waals surface area contributed by atoms with Gasteiger partial charge in [0.2, 0.25) is 0 Å². The number of aliphatic imine (C=N–C) groups is 1. The Bertz CT molecular complexity index is 737. The van der Waals surface area contributed by atoms with E-state index >= 15 is 0 Å². The third kappa shape index (κ3) is 2.98. The van der Waals surface area contributed by atoms with Crippen molar-refractivity contribution in [3.63, 3.8) is 0 Å². The number of nitrogens with one attached hydrogen (secondary N) is 1. The van der Waals surface area contributed by atoms with Crippen molar-refractivity contribution in [1.82, 2.24) is 0 Å². The molecule has 1 N–H and O–H groups in total. The monoisotopic (exact) mass is 318 g/mol. The number of hydrogen-bond acceptors (Lipinski definition) is 1. The molecule has 2 aliphatic rings. The zero-order valence-electron chi connectivity index (χ0n) is 14.5. The first-order valence-corrected chi connectivity index (χ1v) is 9.21. The molecule has 24 heavy (non-hydrogen) atoms. The Morgan fingerprint density at radius 3 is 2.50 bits per heavy atom. The molecule has 1 aliphatic carbocycles. The second-order valence-electron chi connectivity index (χ2n) is 7.45. The number of anilines is 1. The van der Waals surface area contributed by atoms with Crippen molar-refractivity contribution in [2.75, 3.05) is 5.32 Å². The van der Waals surface area contributed by atoms with Gasteiger partial charge in [0.05, 0.1) is 6.54 Å². The van der Waals surface area contributed by atoms with E-state index in [-0.39, 0.29) is 5.41 Å². The summed E-state index contributed by atoms with van der Waals surface area (Å²) < 4.78 is 0. The molecule has 1 heterocycles. The van der Waals surface area contributed by atoms with Crippen molar-refractivity contribution in [3.05, 3.63) is 65.2 Å². The van der Waals surface area contributed by atoms with E-state index in [4.69, 9.17) is 4.99 Å². The van der Waals surface area contributed by atoms with E-state index in [9.17, 15) is 0 Å². The van der Waals surface area contributed by atoms with E-state index in [0.717, 1.165) is 13.0 Å². The Kier molecular flexibility index (Phi) is 4.13. The van der Waals surface area contributed by atoms with Crippen LogP contribution in [0.2, 0.25) is 0 Å². The van der Waals surface area contributed by atoms with Crippen LogP contribution in [0, 0.1) is 12.3 Å². The molecule has 2 aromatic carbocycles. The van der Waals surface area contributed by atoms with Crippen molar-refractivity contribution < 1.29 is 0 Å². The molecule has 2 heteroatoms. The fraction of sp³-hybridized carbons (Fsp3) is 0.409. The number of hydrogen-bond donors (Lipinski definition) is 1. The molecule has 0 saturated heterocycles. The van der Waals surface area contributed by atoms with Crippen LogP contribution >= 0.6 is 0 Å². The molecular formula is C22H26N2. The minimum Gasteiger partial charge on any atom is -0.343 e. The number of benzene rings is 2. The van der Waals surface area contributed by atoms with E-state index in [0.29, 0.717) is 0 Å². The molecule has 0 bridgehead atoms. The maximum atomic E-state index is 5.06. The number of para-hydroxylation sites is 1. The maximum Gasteiger partial charge on any atom is 0.108 e. The molecule has 0 amide bonds. The van der Waals surface area contributed by atoms with Gasteiger partial charge in [-0.25, -0.2) is 0 Å². The summed E-state index contributed by atoms with van der Waals surface area (Å²) in [6.45, 7) is 2.90. The lowest BCUT2D eigenvalue weighted by Gasteiger charge is -2.42. The quantitative estimate of drug-likeness (QED) is 0.775. The number of nitrogens with zero attached hydrogens (tertiary/aromatic N) is 1. The highest BCUT2D eigenvalue weighted by atomic mass is 15.0. The summed E-state index contributed by atoms with van der Waals surface area (Å²) in [7, 11) is 0. The van der Waals surface area contributed by atoms with Crippen LogP contribution in [0.15, 0.2) is 53.5 Å². The second-order valence-corrected chi connectivity index (χ2v) is 7.45. The largest absolute Gasteiger partial charge is 0.343 e. The van der Waals surface area contributed by atoms with Gasteiger partial charge < -0.3 is 5.32 Å². The molecule has 1 aliphatic heterocycles. The molecule has 4 rings (SSSR count). The molecule has 0 aromatic heterocycles. The summed E-state index contributed by atoms with van der Waals surface area (Å²) in [6, 6.07) is 17.5. The van der Waals surface area contributed by atoms with Gasteiger partial charge in [0.1, 0.15) is 5.84 Å². The van der Waals surface area contributed by atoms with E-state index in [1.54, 1.807) is 0 Å². The molecule has 1 spiro atoms. The molecule has 0 radical (unpaired) electrons. The zero-order chi connectivity index (χ0) is 16.4. The fourth-order valence-corrected chi connectivity index (χ4v) is 4.22. The Labute approximate surface area is 145 Å². The van der Waals surface area contributed by atoms with Crippen LogP contribution < -0.4 is 5.32 Å². The summed E-state index contributed by atoms with van der Waals surface area (Å²) in [6.07, 6.45) is 7.69. The summed E-state index contributed by atoms with van der Waals surface area (Å²) in [5, 5.41) is 3.69. The summed E-state index contributed by atoms with van der Waals surface area (Å²) in [5.41, 5.74) is 5.53. The van der Waals surface area contributed by atoms with Crippen LogP contribution in [0.3, 0.4) is 0 Å². The van der Waals surface area contributed by atoms with Gasteiger partial charge in [0.25, 0.3) is 0 Å². The third-order valence-corrected chi connectivity index (χ3v) is 5.65. The Hall–Kier alpha value is -2.09. The van der Waals surface area contributed by atoms with Gasteiger partial charge in [0.15, 0.2) is 0 Å². The highest BCUT2D eigenvalue weighted by molar-refractivity contribution is 6.02. The van der Waals surface area contributed by atoms with Crippen LogP contribution in [0.1, 0.15) is 48.8 Å². The SMILES string of the molecule is Cc1ccc(CN=C2Nc3ccccc3CC23CCCCC3)cc1. The molecule has 124 valence electrons. The van der Waals surface area contributed by atoms with Crippen LogP contribution in [-0.2, 0) is 13.0 Å². The van der Waals surface area contributed by atoms with Crippen molar-refractivity contribution in [3.8, 4) is 0 Å². The Morgan fingerprint density at radius 2 is 1.71 bits per heavy atom. The average Bonchev–Trinajstić information content (AvgIpc) is 2.62. The smallest absolute Gasteiger partial charge is 0.108 e. The predicted octanol–water partition coefficient (Wildman–Crippen LogP) is 5.51. The molecule has 2 nitrogen and oxygen atoms in total. The van der Waals surface area contributed by atoms with E-state index in [1.165, 1.54) is 60.3 Å². The highest BCUT2D eigenvalue weighted by Crippen LogP contribution is 2.44. The number of aryl methyl sites for hydroxylation is 1. The molecule has 1 saturated carbocycles. The minimum atomic E-state index is 0.233. The van der Waals surface area contributed by atoms with Crippen LogP contribution in [0.25, 0.3) is 0 Å². The normalized spacial score (nSPS) is 20.6. The highest BCUT2D eigenvalue weighted by Gasteiger charge is 2.40. The molecule has 0 unspecified atom stereocenters. The van der Waals surface area contributed by atoms with Crippen LogP contribution in [0.5, 0.6) is 0 Å². The maximum absolute atomic E-state index is 5.06. The molecule has 0 atom stereocenters. The molecule has 1 fully saturated rings. The first-order valence-electron chi connectivity index (χ1n) is 9.21. The summed E-state index contributed by atoms with van der Waals surface area (Å²) in [5.74, 6) is 1.22. The topological polar surface area (TPSA) is 24.4 Å². The van der Waals surface area contributed by atoms with Gasteiger partial charge in [-0.15, -0.1) is 0 Å². The molecule has 2 aromatic rings. The number of amidine groups is 1. The van der Waals surface area contributed by atoms with Gasteiger partial charge >= 0.3 is 0 Å². The van der Waals surface area contributed by atoms with E-state index < -0.39 is 0 Å². The zero-order valence-corrected chi connectivity index (χ0v) is 14.5. The Morgan fingerprint density at radius 1 is 0.958 bits per heavy atom. The standard InChI is InChI=1S/C22H26N2/c1-17-9-11-18(12-10-17)16-23-21-22(13-5-2-6-14-22)15-19-7-3-4-8-20(19)24-21/h3-4,7-12H,2,5-6,13-16H2,1H3,(H,23,24). The van der Waals surface area contributed by atoms with Crippen molar-refractivity contribution in [2.45, 2.75) is 52.0 Å². The minimum absolute atomic E-state index is 0.233. The lowest BCUT2D eigenvalue weighted by atomic mass is 9.67. The molecular weight excluding hydrogens is 292 g/mol. The fourth-order valence-electron chi connectivity index (χ4n) is 4.22. The number of fused-ring (bicyclic) bond motifs is 1. The number of rotatable bonds is 2. The lowest BCUT2D eigenvalue weighted by molar-refractivity contribution is 0.278. The average molecular weight is 318 g/mol. The van der Waals surface area contributed by atoms with Crippen LogP contribution in [-0.4, -0.2) is 5.84 Å². The van der Waals surface area contributed by atoms with Crippen molar-refractivity contribution in [1.29, 1.82) is 0 Å². The van der Waals surface area contributed by atoms with Gasteiger partial charge in [0, 0.05) is 11.1 Å². The Balaban J connectivity index is 1.65. The van der Waals surface area contributed by atoms with Crippen molar-refractivity contribution in [2.24, 2.45) is 10.4 Å². The third-order valence-electron chi connectivity index (χ3n) is 5.65. The van der Waals surface area contributed by atoms with Crippen molar-refractivity contribution >= 4 is 11.5 Å². The van der Waals surface area contributed by atoms with Gasteiger partial charge in [-0.05, 0) is 43.4 Å². The van der Waals surface area contributed by atoms with E-state index in [1.807, 2.05) is 0 Å². The summed E-state index contributed by atoms with van der Waals surface area (Å²) >= 11 is 0. The van der Waals surface area contributed by atoms with Gasteiger partial charge in [-0.1, -0.05) is 67.3 Å². The summed E-state index contributed by atoms with van der Waals surface area (Å²) in [4.78, 5) is 5.06. The first kappa shape index (κ1) is 15.4.